The van der Waals surface area contributed by atoms with Crippen LogP contribution in [0.15, 0.2) is 48.5 Å². The van der Waals surface area contributed by atoms with Crippen LogP contribution in [-0.4, -0.2) is 31.1 Å². The summed E-state index contributed by atoms with van der Waals surface area (Å²) in [6.07, 6.45) is 0.827. The zero-order valence-electron chi connectivity index (χ0n) is 14.2. The SMILES string of the molecule is CCc1ccccc1OCC(=O)N(C)Cc1ccc(OC(F)F)cc1. The van der Waals surface area contributed by atoms with Crippen molar-refractivity contribution in [1.82, 2.24) is 4.90 Å². The van der Waals surface area contributed by atoms with Crippen molar-refractivity contribution in [2.75, 3.05) is 13.7 Å². The Bertz CT molecular complexity index is 689. The highest BCUT2D eigenvalue weighted by molar-refractivity contribution is 5.77. The van der Waals surface area contributed by atoms with Crippen molar-refractivity contribution in [1.29, 1.82) is 0 Å². The number of nitrogens with zero attached hydrogens (tertiary/aromatic N) is 1. The minimum atomic E-state index is -2.85. The van der Waals surface area contributed by atoms with Gasteiger partial charge in [-0.05, 0) is 35.7 Å². The Balaban J connectivity index is 1.87. The average Bonchev–Trinajstić information content (AvgIpc) is 2.61. The minimum Gasteiger partial charge on any atom is -0.483 e. The monoisotopic (exact) mass is 349 g/mol. The minimum absolute atomic E-state index is 0.0555. The number of benzene rings is 2. The molecule has 2 aromatic carbocycles. The summed E-state index contributed by atoms with van der Waals surface area (Å²) in [5.41, 5.74) is 1.86. The summed E-state index contributed by atoms with van der Waals surface area (Å²) in [5, 5.41) is 0. The molecule has 1 amide bonds. The van der Waals surface area contributed by atoms with E-state index in [9.17, 15) is 13.6 Å². The van der Waals surface area contributed by atoms with E-state index >= 15 is 0 Å². The fraction of sp³-hybridized carbons (Fsp3) is 0.316. The number of hydrogen-bond donors (Lipinski definition) is 0. The third-order valence-electron chi connectivity index (χ3n) is 3.70. The van der Waals surface area contributed by atoms with E-state index in [4.69, 9.17) is 4.74 Å². The van der Waals surface area contributed by atoms with E-state index in [1.807, 2.05) is 31.2 Å². The number of likely N-dealkylation sites (N-methyl/N-ethyl adjacent to an activating group) is 1. The van der Waals surface area contributed by atoms with Crippen molar-refractivity contribution in [2.45, 2.75) is 26.5 Å². The normalized spacial score (nSPS) is 10.6. The summed E-state index contributed by atoms with van der Waals surface area (Å²) in [5.74, 6) is 0.631. The van der Waals surface area contributed by atoms with Gasteiger partial charge in [0.15, 0.2) is 6.61 Å². The molecule has 0 spiro atoms. The summed E-state index contributed by atoms with van der Waals surface area (Å²) in [6, 6.07) is 13.8. The van der Waals surface area contributed by atoms with Crippen molar-refractivity contribution in [3.8, 4) is 11.5 Å². The van der Waals surface area contributed by atoms with E-state index in [1.54, 1.807) is 19.2 Å². The first-order valence-electron chi connectivity index (χ1n) is 7.98. The van der Waals surface area contributed by atoms with E-state index in [0.29, 0.717) is 12.3 Å². The molecule has 2 aromatic rings. The van der Waals surface area contributed by atoms with Crippen LogP contribution in [0.4, 0.5) is 8.78 Å². The van der Waals surface area contributed by atoms with Gasteiger partial charge < -0.3 is 14.4 Å². The van der Waals surface area contributed by atoms with E-state index in [2.05, 4.69) is 4.74 Å². The molecule has 0 N–H and O–H groups in total. The zero-order chi connectivity index (χ0) is 18.2. The van der Waals surface area contributed by atoms with Gasteiger partial charge in [0.05, 0.1) is 0 Å². The lowest BCUT2D eigenvalue weighted by atomic mass is 10.1. The number of rotatable bonds is 8. The Kier molecular flexibility index (Phi) is 6.74. The summed E-state index contributed by atoms with van der Waals surface area (Å²) < 4.78 is 34.2. The van der Waals surface area contributed by atoms with Gasteiger partial charge in [-0.25, -0.2) is 0 Å². The summed E-state index contributed by atoms with van der Waals surface area (Å²) >= 11 is 0. The maximum absolute atomic E-state index is 12.2. The zero-order valence-corrected chi connectivity index (χ0v) is 14.2. The number of carbonyl (C=O) groups is 1. The van der Waals surface area contributed by atoms with Gasteiger partial charge >= 0.3 is 6.61 Å². The standard InChI is InChI=1S/C19H21F2NO3/c1-3-15-6-4-5-7-17(15)24-13-18(23)22(2)12-14-8-10-16(11-9-14)25-19(20)21/h4-11,19H,3,12-13H2,1-2H3. The maximum Gasteiger partial charge on any atom is 0.387 e. The van der Waals surface area contributed by atoms with Crippen LogP contribution in [0.2, 0.25) is 0 Å². The molecule has 0 saturated heterocycles. The van der Waals surface area contributed by atoms with Crippen molar-refractivity contribution in [3.63, 3.8) is 0 Å². The quantitative estimate of drug-likeness (QED) is 0.726. The molecule has 0 bridgehead atoms. The van der Waals surface area contributed by atoms with E-state index in [-0.39, 0.29) is 18.3 Å². The predicted octanol–water partition coefficient (Wildman–Crippen LogP) is 3.89. The van der Waals surface area contributed by atoms with Gasteiger partial charge in [-0.1, -0.05) is 37.3 Å². The van der Waals surface area contributed by atoms with E-state index in [1.165, 1.54) is 17.0 Å². The van der Waals surface area contributed by atoms with Crippen LogP contribution in [0.1, 0.15) is 18.1 Å². The molecule has 0 atom stereocenters. The number of hydrogen-bond acceptors (Lipinski definition) is 3. The number of aryl methyl sites for hydroxylation is 1. The highest BCUT2D eigenvalue weighted by atomic mass is 19.3. The van der Waals surface area contributed by atoms with Gasteiger partial charge in [0.2, 0.25) is 0 Å². The Hall–Kier alpha value is -2.63. The van der Waals surface area contributed by atoms with Gasteiger partial charge in [-0.3, -0.25) is 4.79 Å². The van der Waals surface area contributed by atoms with Crippen LogP contribution in [0.5, 0.6) is 11.5 Å². The largest absolute Gasteiger partial charge is 0.483 e. The lowest BCUT2D eigenvalue weighted by Gasteiger charge is -2.18. The molecular weight excluding hydrogens is 328 g/mol. The van der Waals surface area contributed by atoms with E-state index in [0.717, 1.165) is 17.5 Å². The molecule has 0 unspecified atom stereocenters. The van der Waals surface area contributed by atoms with Gasteiger partial charge in [-0.2, -0.15) is 8.78 Å². The highest BCUT2D eigenvalue weighted by Gasteiger charge is 2.12. The fourth-order valence-electron chi connectivity index (χ4n) is 2.32. The van der Waals surface area contributed by atoms with Crippen LogP contribution in [0.25, 0.3) is 0 Å². The molecule has 134 valence electrons. The van der Waals surface area contributed by atoms with Crippen LogP contribution < -0.4 is 9.47 Å². The average molecular weight is 349 g/mol. The number of halogens is 2. The lowest BCUT2D eigenvalue weighted by molar-refractivity contribution is -0.132. The third kappa shape index (κ3) is 5.74. The highest BCUT2D eigenvalue weighted by Crippen LogP contribution is 2.19. The summed E-state index contributed by atoms with van der Waals surface area (Å²) in [6.45, 7) is -0.525. The Morgan fingerprint density at radius 3 is 2.44 bits per heavy atom. The number of carbonyl (C=O) groups excluding carboxylic acids is 1. The molecule has 2 rings (SSSR count). The molecule has 0 aliphatic carbocycles. The third-order valence-corrected chi connectivity index (χ3v) is 3.70. The number of ether oxygens (including phenoxy) is 2. The van der Waals surface area contributed by atoms with Gasteiger partial charge in [-0.15, -0.1) is 0 Å². The second-order valence-electron chi connectivity index (χ2n) is 5.52. The van der Waals surface area contributed by atoms with Crippen LogP contribution in [0, 0.1) is 0 Å². The Morgan fingerprint density at radius 2 is 1.80 bits per heavy atom. The first kappa shape index (κ1) is 18.7. The Morgan fingerprint density at radius 1 is 1.12 bits per heavy atom. The van der Waals surface area contributed by atoms with Gasteiger partial charge in [0, 0.05) is 13.6 Å². The molecule has 0 heterocycles. The molecule has 0 fully saturated rings. The smallest absolute Gasteiger partial charge is 0.387 e. The van der Waals surface area contributed by atoms with Crippen molar-refractivity contribution < 1.29 is 23.0 Å². The molecule has 4 nitrogen and oxygen atoms in total. The summed E-state index contributed by atoms with van der Waals surface area (Å²) in [4.78, 5) is 13.7. The molecule has 0 radical (unpaired) electrons. The molecule has 0 aromatic heterocycles. The molecular formula is C19H21F2NO3. The van der Waals surface area contributed by atoms with Crippen molar-refractivity contribution in [3.05, 3.63) is 59.7 Å². The van der Waals surface area contributed by atoms with E-state index < -0.39 is 6.61 Å². The summed E-state index contributed by atoms with van der Waals surface area (Å²) in [7, 11) is 1.67. The first-order valence-corrected chi connectivity index (χ1v) is 7.98. The van der Waals surface area contributed by atoms with Crippen molar-refractivity contribution >= 4 is 5.91 Å². The van der Waals surface area contributed by atoms with Crippen LogP contribution >= 0.6 is 0 Å². The molecule has 0 saturated carbocycles. The number of para-hydroxylation sites is 1. The number of amides is 1. The molecule has 0 aliphatic heterocycles. The number of alkyl halides is 2. The molecule has 0 aliphatic rings. The van der Waals surface area contributed by atoms with Crippen LogP contribution in [0.3, 0.4) is 0 Å². The second-order valence-corrected chi connectivity index (χ2v) is 5.52. The second kappa shape index (κ2) is 9.01. The molecule has 6 heteroatoms. The molecule has 25 heavy (non-hydrogen) atoms. The maximum atomic E-state index is 12.2. The van der Waals surface area contributed by atoms with Crippen LogP contribution in [-0.2, 0) is 17.8 Å². The Labute approximate surface area is 146 Å². The predicted molar refractivity (Wildman–Crippen MR) is 90.9 cm³/mol. The first-order chi connectivity index (χ1) is 12.0. The van der Waals surface area contributed by atoms with Crippen molar-refractivity contribution in [2.24, 2.45) is 0 Å². The lowest BCUT2D eigenvalue weighted by Crippen LogP contribution is -2.31. The topological polar surface area (TPSA) is 38.8 Å². The van der Waals surface area contributed by atoms with Gasteiger partial charge in [0.1, 0.15) is 11.5 Å². The fourth-order valence-corrected chi connectivity index (χ4v) is 2.32. The van der Waals surface area contributed by atoms with Gasteiger partial charge in [0.25, 0.3) is 5.91 Å².